The maximum absolute atomic E-state index is 10.8. The third-order valence-corrected chi connectivity index (χ3v) is 4.72. The standard InChI is InChI=1S/C16H23N3O2/c1-17-11-13-3-2-10-18(14-8-9-14)16(13)12-4-6-15(7-5-12)19(20)21/h4-7,13-14,16-17H,2-3,8-11H2,1H3. The molecule has 0 aromatic heterocycles. The number of rotatable bonds is 5. The van der Waals surface area contributed by atoms with E-state index in [2.05, 4.69) is 10.2 Å². The molecule has 2 atom stereocenters. The molecule has 1 N–H and O–H groups in total. The van der Waals surface area contributed by atoms with Gasteiger partial charge in [0.2, 0.25) is 0 Å². The van der Waals surface area contributed by atoms with Crippen LogP contribution in [0.15, 0.2) is 24.3 Å². The van der Waals surface area contributed by atoms with E-state index < -0.39 is 0 Å². The molecule has 2 fully saturated rings. The zero-order valence-corrected chi connectivity index (χ0v) is 12.5. The third kappa shape index (κ3) is 3.09. The van der Waals surface area contributed by atoms with Crippen molar-refractivity contribution in [2.75, 3.05) is 20.1 Å². The fraction of sp³-hybridized carbons (Fsp3) is 0.625. The van der Waals surface area contributed by atoms with Crippen molar-refractivity contribution >= 4 is 5.69 Å². The number of benzene rings is 1. The van der Waals surface area contributed by atoms with E-state index in [0.29, 0.717) is 12.0 Å². The van der Waals surface area contributed by atoms with E-state index in [9.17, 15) is 10.1 Å². The Bertz CT molecular complexity index is 497. The van der Waals surface area contributed by atoms with Crippen LogP contribution in [-0.4, -0.2) is 36.0 Å². The largest absolute Gasteiger partial charge is 0.319 e. The summed E-state index contributed by atoms with van der Waals surface area (Å²) in [6.07, 6.45) is 5.09. The second-order valence-corrected chi connectivity index (χ2v) is 6.22. The lowest BCUT2D eigenvalue weighted by atomic mass is 9.84. The van der Waals surface area contributed by atoms with Crippen LogP contribution in [-0.2, 0) is 0 Å². The van der Waals surface area contributed by atoms with Crippen LogP contribution in [0.2, 0.25) is 0 Å². The topological polar surface area (TPSA) is 58.4 Å². The molecule has 0 radical (unpaired) electrons. The Balaban J connectivity index is 1.86. The van der Waals surface area contributed by atoms with Gasteiger partial charge >= 0.3 is 0 Å². The van der Waals surface area contributed by atoms with E-state index in [0.717, 1.165) is 19.1 Å². The van der Waals surface area contributed by atoms with Crippen molar-refractivity contribution in [1.29, 1.82) is 0 Å². The lowest BCUT2D eigenvalue weighted by Gasteiger charge is -2.42. The van der Waals surface area contributed by atoms with Crippen LogP contribution in [0, 0.1) is 16.0 Å². The fourth-order valence-electron chi connectivity index (χ4n) is 3.65. The molecule has 0 bridgehead atoms. The molecule has 2 aliphatic rings. The Labute approximate surface area is 125 Å². The zero-order valence-electron chi connectivity index (χ0n) is 12.5. The summed E-state index contributed by atoms with van der Waals surface area (Å²) in [5.41, 5.74) is 1.41. The first-order chi connectivity index (χ1) is 10.2. The molecule has 5 heteroatoms. The van der Waals surface area contributed by atoms with Crippen molar-refractivity contribution in [2.24, 2.45) is 5.92 Å². The van der Waals surface area contributed by atoms with Crippen molar-refractivity contribution in [3.8, 4) is 0 Å². The molecule has 114 valence electrons. The van der Waals surface area contributed by atoms with Gasteiger partial charge in [-0.15, -0.1) is 0 Å². The van der Waals surface area contributed by atoms with Gasteiger partial charge in [-0.3, -0.25) is 15.0 Å². The molecule has 1 aliphatic carbocycles. The van der Waals surface area contributed by atoms with Crippen LogP contribution < -0.4 is 5.32 Å². The van der Waals surface area contributed by atoms with E-state index >= 15 is 0 Å². The number of piperidine rings is 1. The number of nitrogens with one attached hydrogen (secondary N) is 1. The number of nitro benzene ring substituents is 1. The van der Waals surface area contributed by atoms with Gasteiger partial charge in [0.1, 0.15) is 0 Å². The number of non-ortho nitro benzene ring substituents is 1. The number of nitro groups is 1. The maximum Gasteiger partial charge on any atom is 0.269 e. The number of hydrogen-bond donors (Lipinski definition) is 1. The minimum Gasteiger partial charge on any atom is -0.319 e. The summed E-state index contributed by atoms with van der Waals surface area (Å²) in [6, 6.07) is 8.32. The summed E-state index contributed by atoms with van der Waals surface area (Å²) in [5.74, 6) is 0.589. The first kappa shape index (κ1) is 14.5. The van der Waals surface area contributed by atoms with E-state index in [1.807, 2.05) is 19.2 Å². The van der Waals surface area contributed by atoms with Crippen molar-refractivity contribution in [2.45, 2.75) is 37.8 Å². The Kier molecular flexibility index (Phi) is 4.22. The maximum atomic E-state index is 10.8. The van der Waals surface area contributed by atoms with Crippen molar-refractivity contribution < 1.29 is 4.92 Å². The van der Waals surface area contributed by atoms with Crippen LogP contribution in [0.3, 0.4) is 0 Å². The third-order valence-electron chi connectivity index (χ3n) is 4.72. The monoisotopic (exact) mass is 289 g/mol. The summed E-state index contributed by atoms with van der Waals surface area (Å²) in [4.78, 5) is 13.1. The minimum atomic E-state index is -0.325. The van der Waals surface area contributed by atoms with E-state index in [-0.39, 0.29) is 10.6 Å². The molecule has 1 saturated heterocycles. The van der Waals surface area contributed by atoms with Gasteiger partial charge in [-0.1, -0.05) is 12.1 Å². The summed E-state index contributed by atoms with van der Waals surface area (Å²) >= 11 is 0. The Morgan fingerprint density at radius 2 is 2.00 bits per heavy atom. The van der Waals surface area contributed by atoms with Gasteiger partial charge in [-0.25, -0.2) is 0 Å². The van der Waals surface area contributed by atoms with E-state index in [1.54, 1.807) is 12.1 Å². The molecule has 2 unspecified atom stereocenters. The average molecular weight is 289 g/mol. The molecule has 0 amide bonds. The summed E-state index contributed by atoms with van der Waals surface area (Å²) < 4.78 is 0. The molecule has 5 nitrogen and oxygen atoms in total. The second kappa shape index (κ2) is 6.12. The van der Waals surface area contributed by atoms with E-state index in [4.69, 9.17) is 0 Å². The molecule has 1 aromatic rings. The van der Waals surface area contributed by atoms with Crippen LogP contribution in [0.5, 0.6) is 0 Å². The number of nitrogens with zero attached hydrogens (tertiary/aromatic N) is 2. The number of hydrogen-bond acceptors (Lipinski definition) is 4. The van der Waals surface area contributed by atoms with Crippen molar-refractivity contribution in [1.82, 2.24) is 10.2 Å². The predicted molar refractivity (Wildman–Crippen MR) is 82.2 cm³/mol. The van der Waals surface area contributed by atoms with Gasteiger partial charge in [-0.05, 0) is 57.3 Å². The first-order valence-electron chi connectivity index (χ1n) is 7.85. The van der Waals surface area contributed by atoms with Crippen LogP contribution in [0.1, 0.15) is 37.3 Å². The molecule has 1 aromatic carbocycles. The van der Waals surface area contributed by atoms with Gasteiger partial charge in [0.05, 0.1) is 4.92 Å². The fourth-order valence-corrected chi connectivity index (χ4v) is 3.65. The quantitative estimate of drug-likeness (QED) is 0.669. The highest BCUT2D eigenvalue weighted by atomic mass is 16.6. The molecule has 3 rings (SSSR count). The van der Waals surface area contributed by atoms with Crippen LogP contribution >= 0.6 is 0 Å². The Morgan fingerprint density at radius 1 is 1.29 bits per heavy atom. The van der Waals surface area contributed by atoms with Crippen LogP contribution in [0.25, 0.3) is 0 Å². The lowest BCUT2D eigenvalue weighted by molar-refractivity contribution is -0.384. The lowest BCUT2D eigenvalue weighted by Crippen LogP contribution is -2.43. The van der Waals surface area contributed by atoms with Crippen molar-refractivity contribution in [3.63, 3.8) is 0 Å². The first-order valence-corrected chi connectivity index (χ1v) is 7.85. The highest BCUT2D eigenvalue weighted by molar-refractivity contribution is 5.35. The number of likely N-dealkylation sites (tertiary alicyclic amines) is 1. The SMILES string of the molecule is CNCC1CCCN(C2CC2)C1c1ccc([N+](=O)[O-])cc1. The molecular weight excluding hydrogens is 266 g/mol. The molecular formula is C16H23N3O2. The highest BCUT2D eigenvalue weighted by Crippen LogP contribution is 2.42. The molecule has 1 saturated carbocycles. The van der Waals surface area contributed by atoms with Gasteiger partial charge in [0, 0.05) is 24.2 Å². The minimum absolute atomic E-state index is 0.178. The summed E-state index contributed by atoms with van der Waals surface area (Å²) in [6.45, 7) is 2.16. The average Bonchev–Trinajstić information content (AvgIpc) is 3.32. The van der Waals surface area contributed by atoms with Gasteiger partial charge < -0.3 is 5.32 Å². The predicted octanol–water partition coefficient (Wildman–Crippen LogP) is 2.73. The summed E-state index contributed by atoms with van der Waals surface area (Å²) in [5, 5.41) is 14.1. The van der Waals surface area contributed by atoms with Gasteiger partial charge in [0.15, 0.2) is 0 Å². The Hall–Kier alpha value is -1.46. The smallest absolute Gasteiger partial charge is 0.269 e. The van der Waals surface area contributed by atoms with Crippen LogP contribution in [0.4, 0.5) is 5.69 Å². The molecule has 1 heterocycles. The zero-order chi connectivity index (χ0) is 14.8. The van der Waals surface area contributed by atoms with Gasteiger partial charge in [-0.2, -0.15) is 0 Å². The van der Waals surface area contributed by atoms with Gasteiger partial charge in [0.25, 0.3) is 5.69 Å². The second-order valence-electron chi connectivity index (χ2n) is 6.22. The molecule has 1 aliphatic heterocycles. The highest BCUT2D eigenvalue weighted by Gasteiger charge is 2.40. The van der Waals surface area contributed by atoms with Crippen molar-refractivity contribution in [3.05, 3.63) is 39.9 Å². The Morgan fingerprint density at radius 3 is 2.57 bits per heavy atom. The molecule has 0 spiro atoms. The van der Waals surface area contributed by atoms with E-state index in [1.165, 1.54) is 31.2 Å². The summed E-state index contributed by atoms with van der Waals surface area (Å²) in [7, 11) is 2.00. The molecule has 21 heavy (non-hydrogen) atoms. The normalized spacial score (nSPS) is 26.7.